The van der Waals surface area contributed by atoms with Crippen molar-refractivity contribution in [3.05, 3.63) is 59.7 Å². The van der Waals surface area contributed by atoms with Crippen LogP contribution in [-0.2, 0) is 29.1 Å². The first-order chi connectivity index (χ1) is 12.2. The summed E-state index contributed by atoms with van der Waals surface area (Å²) in [5.74, 6) is -3.15. The summed E-state index contributed by atoms with van der Waals surface area (Å²) in [5.41, 5.74) is -0.0320. The van der Waals surface area contributed by atoms with Gasteiger partial charge in [0.05, 0.1) is 0 Å². The quantitative estimate of drug-likeness (QED) is 0.411. The van der Waals surface area contributed by atoms with Crippen molar-refractivity contribution >= 4 is 23.9 Å². The predicted molar refractivity (Wildman–Crippen MR) is 93.0 cm³/mol. The van der Waals surface area contributed by atoms with Crippen molar-refractivity contribution in [2.75, 3.05) is 0 Å². The van der Waals surface area contributed by atoms with Gasteiger partial charge < -0.3 is 25.2 Å². The fourth-order valence-electron chi connectivity index (χ4n) is 1.77. The Hall–Kier alpha value is -3.10. The van der Waals surface area contributed by atoms with Gasteiger partial charge in [0, 0.05) is 33.3 Å². The second-order valence-corrected chi connectivity index (χ2v) is 4.79. The zero-order valence-corrected chi connectivity index (χ0v) is 18.1. The Balaban J connectivity index is 0. The summed E-state index contributed by atoms with van der Waals surface area (Å²) >= 11 is 0. The van der Waals surface area contributed by atoms with Crippen LogP contribution in [0.5, 0.6) is 11.5 Å². The number of carboxylic acid groups (broad SMARTS) is 2. The van der Waals surface area contributed by atoms with Gasteiger partial charge in [0.1, 0.15) is 22.6 Å². The molecule has 0 amide bonds. The fraction of sp³-hybridized carbons (Fsp3) is 0.111. The van der Waals surface area contributed by atoms with Gasteiger partial charge >= 0.3 is 23.9 Å². The molecule has 2 aromatic rings. The second-order valence-electron chi connectivity index (χ2n) is 4.79. The minimum Gasteiger partial charge on any atom is -0.478 e. The molecular weight excluding hydrogens is 426 g/mol. The van der Waals surface area contributed by atoms with Crippen LogP contribution in [0.25, 0.3) is 0 Å². The Labute approximate surface area is 173 Å². The van der Waals surface area contributed by atoms with Crippen LogP contribution in [0.15, 0.2) is 48.5 Å². The van der Waals surface area contributed by atoms with Gasteiger partial charge in [-0.25, -0.2) is 9.59 Å². The molecule has 0 aromatic heterocycles. The molecule has 0 unspecified atom stereocenters. The molecule has 0 saturated carbocycles. The number of esters is 2. The van der Waals surface area contributed by atoms with E-state index < -0.39 is 23.9 Å². The zero-order chi connectivity index (χ0) is 19.7. The molecule has 28 heavy (non-hydrogen) atoms. The fourth-order valence-corrected chi connectivity index (χ4v) is 1.77. The summed E-state index contributed by atoms with van der Waals surface area (Å²) in [6.45, 7) is 2.44. The Bertz CT molecular complexity index is 764. The molecule has 0 bridgehead atoms. The van der Waals surface area contributed by atoms with Crippen LogP contribution in [-0.4, -0.2) is 39.6 Å². The van der Waals surface area contributed by atoms with Gasteiger partial charge in [0.2, 0.25) is 0 Å². The number of aromatic carboxylic acids is 2. The van der Waals surface area contributed by atoms with E-state index in [1.165, 1.54) is 38.1 Å². The van der Waals surface area contributed by atoms with Crippen LogP contribution in [0.3, 0.4) is 0 Å². The first kappa shape index (κ1) is 27.1. The number of hydrogen-bond donors (Lipinski definition) is 2. The Morgan fingerprint density at radius 2 is 0.964 bits per heavy atom. The average Bonchev–Trinajstić information content (AvgIpc) is 2.55. The van der Waals surface area contributed by atoms with E-state index in [9.17, 15) is 19.2 Å². The number of hydrogen-bond acceptors (Lipinski definition) is 6. The van der Waals surface area contributed by atoms with Crippen molar-refractivity contribution in [2.24, 2.45) is 0 Å². The van der Waals surface area contributed by atoms with E-state index in [2.05, 4.69) is 9.47 Å². The van der Waals surface area contributed by atoms with Crippen molar-refractivity contribution in [3.63, 3.8) is 0 Å². The molecule has 9 nitrogen and oxygen atoms in total. The maximum Gasteiger partial charge on any atom is 0.339 e. The molecule has 0 spiro atoms. The minimum absolute atomic E-state index is 0. The smallest absolute Gasteiger partial charge is 0.339 e. The number of carbonyl (C=O) groups is 4. The molecule has 0 aliphatic carbocycles. The van der Waals surface area contributed by atoms with E-state index in [1.54, 1.807) is 24.3 Å². The molecule has 10 heteroatoms. The van der Waals surface area contributed by atoms with Crippen LogP contribution in [0.1, 0.15) is 34.6 Å². The first-order valence-corrected chi connectivity index (χ1v) is 7.23. The molecule has 4 N–H and O–H groups in total. The molecule has 0 fully saturated rings. The van der Waals surface area contributed by atoms with Crippen LogP contribution in [0, 0.1) is 0 Å². The van der Waals surface area contributed by atoms with Crippen molar-refractivity contribution < 1.29 is 63.8 Å². The standard InChI is InChI=1S/2C9H8O4.H2O.Zn/c2*1-6(10)13-8-5-3-2-4-7(8)9(11)12;;/h2*2-5H,1H3,(H,11,12);1H2;. The number of carboxylic acids is 2. The monoisotopic (exact) mass is 442 g/mol. The summed E-state index contributed by atoms with van der Waals surface area (Å²) in [7, 11) is 0. The van der Waals surface area contributed by atoms with Crippen molar-refractivity contribution in [2.45, 2.75) is 13.8 Å². The van der Waals surface area contributed by atoms with Crippen molar-refractivity contribution in [1.82, 2.24) is 0 Å². The van der Waals surface area contributed by atoms with Crippen LogP contribution in [0.2, 0.25) is 0 Å². The van der Waals surface area contributed by atoms with E-state index in [1.807, 2.05) is 0 Å². The Kier molecular flexibility index (Phi) is 12.7. The SMILES string of the molecule is CC(=O)Oc1ccccc1C(=O)O.CC(=O)Oc1ccccc1C(=O)O.O.[Zn]. The Morgan fingerprint density at radius 1 is 0.679 bits per heavy atom. The van der Waals surface area contributed by atoms with Gasteiger partial charge in [0.25, 0.3) is 0 Å². The van der Waals surface area contributed by atoms with Gasteiger partial charge in [-0.15, -0.1) is 0 Å². The summed E-state index contributed by atoms with van der Waals surface area (Å²) in [6, 6.07) is 12.0. The van der Waals surface area contributed by atoms with Gasteiger partial charge in [-0.05, 0) is 24.3 Å². The van der Waals surface area contributed by atoms with E-state index in [0.29, 0.717) is 0 Å². The number of carbonyl (C=O) groups excluding carboxylic acids is 2. The number of rotatable bonds is 4. The average molecular weight is 444 g/mol. The molecule has 2 rings (SSSR count). The van der Waals surface area contributed by atoms with Crippen LogP contribution >= 0.6 is 0 Å². The molecule has 0 atom stereocenters. The molecule has 0 aliphatic heterocycles. The Morgan fingerprint density at radius 3 is 1.21 bits per heavy atom. The maximum absolute atomic E-state index is 10.6. The largest absolute Gasteiger partial charge is 0.478 e. The summed E-state index contributed by atoms with van der Waals surface area (Å²) in [5, 5.41) is 17.4. The van der Waals surface area contributed by atoms with Crippen LogP contribution < -0.4 is 9.47 Å². The van der Waals surface area contributed by atoms with Gasteiger partial charge in [0.15, 0.2) is 0 Å². The number of para-hydroxylation sites is 2. The minimum atomic E-state index is -1.11. The van der Waals surface area contributed by atoms with Crippen molar-refractivity contribution in [1.29, 1.82) is 0 Å². The van der Waals surface area contributed by atoms with Gasteiger partial charge in [-0.1, -0.05) is 24.3 Å². The van der Waals surface area contributed by atoms with E-state index >= 15 is 0 Å². The van der Waals surface area contributed by atoms with Gasteiger partial charge in [-0.3, -0.25) is 9.59 Å². The maximum atomic E-state index is 10.6. The predicted octanol–water partition coefficient (Wildman–Crippen LogP) is 1.79. The molecule has 0 radical (unpaired) electrons. The van der Waals surface area contributed by atoms with Gasteiger partial charge in [-0.2, -0.15) is 0 Å². The topological polar surface area (TPSA) is 159 Å². The third-order valence-corrected chi connectivity index (χ3v) is 2.74. The van der Waals surface area contributed by atoms with E-state index in [0.717, 1.165) is 0 Å². The molecule has 0 saturated heterocycles. The van der Waals surface area contributed by atoms with E-state index in [-0.39, 0.29) is 47.6 Å². The molecule has 146 valence electrons. The summed E-state index contributed by atoms with van der Waals surface area (Å²) in [6.07, 6.45) is 0. The third-order valence-electron chi connectivity index (χ3n) is 2.74. The molecular formula is C18H18O9Zn. The van der Waals surface area contributed by atoms with E-state index in [4.69, 9.17) is 10.2 Å². The summed E-state index contributed by atoms with van der Waals surface area (Å²) < 4.78 is 9.37. The molecule has 0 aliphatic rings. The summed E-state index contributed by atoms with van der Waals surface area (Å²) in [4.78, 5) is 42.4. The zero-order valence-electron chi connectivity index (χ0n) is 15.2. The molecule has 0 heterocycles. The molecule has 2 aromatic carbocycles. The van der Waals surface area contributed by atoms with Crippen molar-refractivity contribution in [3.8, 4) is 11.5 Å². The number of benzene rings is 2. The normalized spacial score (nSPS) is 8.64. The second kappa shape index (κ2) is 13.1. The first-order valence-electron chi connectivity index (χ1n) is 7.23. The third kappa shape index (κ3) is 9.02. The van der Waals surface area contributed by atoms with Crippen LogP contribution in [0.4, 0.5) is 0 Å². The number of ether oxygens (including phenoxy) is 2.